The standard InChI is InChI=1S/C10H12F2N2O/c1-2-8(10(13)15)14-9-6(11)4-3-5-7(9)12/h3-5,8,14H,2H2,1H3,(H2,13,15). The number of nitrogens with one attached hydrogen (secondary N) is 1. The summed E-state index contributed by atoms with van der Waals surface area (Å²) in [6.07, 6.45) is 0.364. The Bertz CT molecular complexity index is 348. The molecule has 5 heteroatoms. The first-order valence-corrected chi connectivity index (χ1v) is 4.56. The maximum Gasteiger partial charge on any atom is 0.239 e. The molecular weight excluding hydrogens is 202 g/mol. The summed E-state index contributed by atoms with van der Waals surface area (Å²) < 4.78 is 26.3. The van der Waals surface area contributed by atoms with Gasteiger partial charge >= 0.3 is 0 Å². The van der Waals surface area contributed by atoms with Crippen molar-refractivity contribution < 1.29 is 13.6 Å². The number of amides is 1. The summed E-state index contributed by atoms with van der Waals surface area (Å²) in [5.74, 6) is -2.12. The van der Waals surface area contributed by atoms with Crippen LogP contribution >= 0.6 is 0 Å². The highest BCUT2D eigenvalue weighted by molar-refractivity contribution is 5.82. The van der Waals surface area contributed by atoms with E-state index in [1.165, 1.54) is 6.07 Å². The van der Waals surface area contributed by atoms with Crippen molar-refractivity contribution in [2.45, 2.75) is 19.4 Å². The molecule has 1 atom stereocenters. The zero-order valence-corrected chi connectivity index (χ0v) is 8.26. The van der Waals surface area contributed by atoms with Gasteiger partial charge in [-0.3, -0.25) is 4.79 Å². The van der Waals surface area contributed by atoms with Crippen LogP contribution in [0.25, 0.3) is 0 Å². The fourth-order valence-corrected chi connectivity index (χ4v) is 1.18. The maximum atomic E-state index is 13.2. The third kappa shape index (κ3) is 2.65. The number of primary amides is 1. The van der Waals surface area contributed by atoms with Gasteiger partial charge in [-0.2, -0.15) is 0 Å². The number of benzene rings is 1. The van der Waals surface area contributed by atoms with Gasteiger partial charge in [0.25, 0.3) is 0 Å². The molecular formula is C10H12F2N2O. The molecule has 0 aromatic heterocycles. The largest absolute Gasteiger partial charge is 0.369 e. The van der Waals surface area contributed by atoms with Crippen LogP contribution in [0.4, 0.5) is 14.5 Å². The summed E-state index contributed by atoms with van der Waals surface area (Å²) in [6, 6.07) is 2.70. The van der Waals surface area contributed by atoms with E-state index in [0.29, 0.717) is 6.42 Å². The Hall–Kier alpha value is -1.65. The van der Waals surface area contributed by atoms with Crippen molar-refractivity contribution in [3.05, 3.63) is 29.8 Å². The molecule has 82 valence electrons. The number of halogens is 2. The third-order valence-corrected chi connectivity index (χ3v) is 2.03. The molecule has 1 rings (SSSR count). The van der Waals surface area contributed by atoms with Crippen molar-refractivity contribution in [3.63, 3.8) is 0 Å². The van der Waals surface area contributed by atoms with Gasteiger partial charge in [0.15, 0.2) is 0 Å². The topological polar surface area (TPSA) is 55.1 Å². The monoisotopic (exact) mass is 214 g/mol. The average molecular weight is 214 g/mol. The van der Waals surface area contributed by atoms with E-state index in [-0.39, 0.29) is 5.69 Å². The molecule has 0 spiro atoms. The lowest BCUT2D eigenvalue weighted by molar-refractivity contribution is -0.118. The fourth-order valence-electron chi connectivity index (χ4n) is 1.18. The van der Waals surface area contributed by atoms with Gasteiger partial charge in [0.2, 0.25) is 5.91 Å². The predicted octanol–water partition coefficient (Wildman–Crippen LogP) is 1.64. The number of rotatable bonds is 4. The van der Waals surface area contributed by atoms with E-state index in [4.69, 9.17) is 5.73 Å². The van der Waals surface area contributed by atoms with E-state index in [2.05, 4.69) is 5.32 Å². The first-order valence-electron chi connectivity index (χ1n) is 4.56. The Labute approximate surface area is 86.3 Å². The van der Waals surface area contributed by atoms with Gasteiger partial charge in [0, 0.05) is 0 Å². The molecule has 0 aliphatic heterocycles. The van der Waals surface area contributed by atoms with E-state index in [9.17, 15) is 13.6 Å². The molecule has 3 nitrogen and oxygen atoms in total. The van der Waals surface area contributed by atoms with Gasteiger partial charge in [-0.1, -0.05) is 13.0 Å². The maximum absolute atomic E-state index is 13.2. The predicted molar refractivity (Wildman–Crippen MR) is 53.3 cm³/mol. The molecule has 0 aliphatic rings. The molecule has 0 heterocycles. The summed E-state index contributed by atoms with van der Waals surface area (Å²) >= 11 is 0. The van der Waals surface area contributed by atoms with Gasteiger partial charge in [-0.05, 0) is 18.6 Å². The number of carbonyl (C=O) groups is 1. The number of hydrogen-bond acceptors (Lipinski definition) is 2. The quantitative estimate of drug-likeness (QED) is 0.800. The lowest BCUT2D eigenvalue weighted by Crippen LogP contribution is -2.35. The molecule has 0 fully saturated rings. The Morgan fingerprint density at radius 2 is 2.00 bits per heavy atom. The van der Waals surface area contributed by atoms with Gasteiger partial charge in [0.05, 0.1) is 0 Å². The van der Waals surface area contributed by atoms with Crippen molar-refractivity contribution in [2.24, 2.45) is 5.73 Å². The highest BCUT2D eigenvalue weighted by Crippen LogP contribution is 2.19. The van der Waals surface area contributed by atoms with Gasteiger partial charge in [0.1, 0.15) is 23.4 Å². The molecule has 1 unspecified atom stereocenters. The highest BCUT2D eigenvalue weighted by Gasteiger charge is 2.16. The number of para-hydroxylation sites is 1. The zero-order chi connectivity index (χ0) is 11.4. The molecule has 0 bridgehead atoms. The number of anilines is 1. The smallest absolute Gasteiger partial charge is 0.239 e. The van der Waals surface area contributed by atoms with E-state index in [0.717, 1.165) is 12.1 Å². The van der Waals surface area contributed by atoms with Crippen molar-refractivity contribution in [1.82, 2.24) is 0 Å². The first-order chi connectivity index (χ1) is 7.06. The Kier molecular flexibility index (Phi) is 3.60. The average Bonchev–Trinajstić information content (AvgIpc) is 2.17. The molecule has 3 N–H and O–H groups in total. The summed E-state index contributed by atoms with van der Waals surface area (Å²) in [5, 5.41) is 2.44. The van der Waals surface area contributed by atoms with Crippen LogP contribution in [0.1, 0.15) is 13.3 Å². The van der Waals surface area contributed by atoms with E-state index in [1.54, 1.807) is 6.92 Å². The number of nitrogens with two attached hydrogens (primary N) is 1. The molecule has 1 aromatic carbocycles. The van der Waals surface area contributed by atoms with Crippen LogP contribution in [-0.2, 0) is 4.79 Å². The second-order valence-corrected chi connectivity index (χ2v) is 3.10. The van der Waals surface area contributed by atoms with Crippen LogP contribution in [0.15, 0.2) is 18.2 Å². The van der Waals surface area contributed by atoms with Crippen LogP contribution in [0.2, 0.25) is 0 Å². The SMILES string of the molecule is CCC(Nc1c(F)cccc1F)C(N)=O. The highest BCUT2D eigenvalue weighted by atomic mass is 19.1. The van der Waals surface area contributed by atoms with Crippen LogP contribution < -0.4 is 11.1 Å². The fraction of sp³-hybridized carbons (Fsp3) is 0.300. The molecule has 0 radical (unpaired) electrons. The van der Waals surface area contributed by atoms with Crippen molar-refractivity contribution in [3.8, 4) is 0 Å². The Morgan fingerprint density at radius 1 is 1.47 bits per heavy atom. The van der Waals surface area contributed by atoms with Crippen molar-refractivity contribution in [1.29, 1.82) is 0 Å². The molecule has 0 saturated carbocycles. The second-order valence-electron chi connectivity index (χ2n) is 3.10. The number of carbonyl (C=O) groups excluding carboxylic acids is 1. The lowest BCUT2D eigenvalue weighted by atomic mass is 10.2. The van der Waals surface area contributed by atoms with Crippen LogP contribution in [0.5, 0.6) is 0 Å². The molecule has 1 amide bonds. The van der Waals surface area contributed by atoms with Gasteiger partial charge in [-0.15, -0.1) is 0 Å². The Balaban J connectivity index is 2.92. The van der Waals surface area contributed by atoms with Crippen LogP contribution in [0, 0.1) is 11.6 Å². The molecule has 1 aromatic rings. The van der Waals surface area contributed by atoms with Gasteiger partial charge < -0.3 is 11.1 Å². The van der Waals surface area contributed by atoms with E-state index in [1.807, 2.05) is 0 Å². The minimum Gasteiger partial charge on any atom is -0.369 e. The summed E-state index contributed by atoms with van der Waals surface area (Å²) in [6.45, 7) is 1.70. The first kappa shape index (κ1) is 11.4. The van der Waals surface area contributed by atoms with E-state index >= 15 is 0 Å². The number of hydrogen-bond donors (Lipinski definition) is 2. The second kappa shape index (κ2) is 4.72. The Morgan fingerprint density at radius 3 is 2.40 bits per heavy atom. The minimum absolute atomic E-state index is 0.317. The zero-order valence-electron chi connectivity index (χ0n) is 8.26. The molecule has 0 aliphatic carbocycles. The normalized spacial score (nSPS) is 12.2. The van der Waals surface area contributed by atoms with Gasteiger partial charge in [-0.25, -0.2) is 8.78 Å². The summed E-state index contributed by atoms with van der Waals surface area (Å²) in [5.41, 5.74) is 4.73. The molecule has 15 heavy (non-hydrogen) atoms. The van der Waals surface area contributed by atoms with Crippen molar-refractivity contribution >= 4 is 11.6 Å². The van der Waals surface area contributed by atoms with E-state index < -0.39 is 23.6 Å². The lowest BCUT2D eigenvalue weighted by Gasteiger charge is -2.15. The third-order valence-electron chi connectivity index (χ3n) is 2.03. The van der Waals surface area contributed by atoms with Crippen LogP contribution in [-0.4, -0.2) is 11.9 Å². The van der Waals surface area contributed by atoms with Crippen LogP contribution in [0.3, 0.4) is 0 Å². The summed E-state index contributed by atoms with van der Waals surface area (Å²) in [4.78, 5) is 10.9. The molecule has 0 saturated heterocycles. The van der Waals surface area contributed by atoms with Crippen molar-refractivity contribution in [2.75, 3.05) is 5.32 Å². The minimum atomic E-state index is -0.767. The summed E-state index contributed by atoms with van der Waals surface area (Å²) in [7, 11) is 0.